The summed E-state index contributed by atoms with van der Waals surface area (Å²) < 4.78 is 16.1. The molecule has 0 fully saturated rings. The first-order valence-electron chi connectivity index (χ1n) is 6.28. The number of benzene rings is 1. The Labute approximate surface area is 110 Å². The van der Waals surface area contributed by atoms with Crippen molar-refractivity contribution >= 4 is 5.78 Å². The van der Waals surface area contributed by atoms with Gasteiger partial charge in [-0.1, -0.05) is 0 Å². The molecule has 0 spiro atoms. The number of ether oxygens (including phenoxy) is 2. The average molecular weight is 258 g/mol. The smallest absolute Gasteiger partial charge is 0.163 e. The summed E-state index contributed by atoms with van der Waals surface area (Å²) in [5.41, 5.74) is 0.649. The molecule has 2 heterocycles. The van der Waals surface area contributed by atoms with Crippen LogP contribution in [0.2, 0.25) is 0 Å². The van der Waals surface area contributed by atoms with E-state index < -0.39 is 0 Å². The van der Waals surface area contributed by atoms with Crippen LogP contribution in [-0.4, -0.2) is 19.0 Å². The van der Waals surface area contributed by atoms with Gasteiger partial charge in [-0.3, -0.25) is 4.79 Å². The number of Topliss-reactive ketones (excluding diaryl/α,β-unsaturated/α-hetero) is 1. The monoisotopic (exact) mass is 258 g/mol. The minimum Gasteiger partial charge on any atom is -0.486 e. The fourth-order valence-corrected chi connectivity index (χ4v) is 2.05. The molecule has 0 saturated heterocycles. The second-order valence-electron chi connectivity index (χ2n) is 4.36. The van der Waals surface area contributed by atoms with Gasteiger partial charge in [-0.05, 0) is 30.3 Å². The Morgan fingerprint density at radius 1 is 1.11 bits per heavy atom. The van der Waals surface area contributed by atoms with Gasteiger partial charge < -0.3 is 13.9 Å². The zero-order chi connectivity index (χ0) is 13.1. The minimum absolute atomic E-state index is 0.0772. The maximum Gasteiger partial charge on any atom is 0.163 e. The Morgan fingerprint density at radius 2 is 1.95 bits per heavy atom. The molecule has 3 rings (SSSR count). The molecule has 0 atom stereocenters. The van der Waals surface area contributed by atoms with Crippen LogP contribution in [0.1, 0.15) is 22.5 Å². The SMILES string of the molecule is O=C(CCc1ccco1)c1ccc2c(c1)OCCO2. The molecule has 98 valence electrons. The van der Waals surface area contributed by atoms with Crippen LogP contribution in [0.5, 0.6) is 11.5 Å². The fourth-order valence-electron chi connectivity index (χ4n) is 2.05. The van der Waals surface area contributed by atoms with Crippen molar-refractivity contribution in [1.29, 1.82) is 0 Å². The van der Waals surface area contributed by atoms with Gasteiger partial charge in [-0.25, -0.2) is 0 Å². The topological polar surface area (TPSA) is 48.7 Å². The van der Waals surface area contributed by atoms with Crippen LogP contribution >= 0.6 is 0 Å². The quantitative estimate of drug-likeness (QED) is 0.791. The van der Waals surface area contributed by atoms with Crippen molar-refractivity contribution < 1.29 is 18.7 Å². The predicted octanol–water partition coefficient (Wildman–Crippen LogP) is 2.87. The normalized spacial score (nSPS) is 13.3. The number of fused-ring (bicyclic) bond motifs is 1. The molecule has 0 amide bonds. The second kappa shape index (κ2) is 5.18. The first kappa shape index (κ1) is 11.8. The molecule has 2 aromatic rings. The maximum atomic E-state index is 12.1. The van der Waals surface area contributed by atoms with Gasteiger partial charge in [0.25, 0.3) is 0 Å². The molecule has 0 saturated carbocycles. The zero-order valence-corrected chi connectivity index (χ0v) is 10.4. The Balaban J connectivity index is 1.69. The van der Waals surface area contributed by atoms with Gasteiger partial charge in [-0.2, -0.15) is 0 Å². The van der Waals surface area contributed by atoms with Crippen molar-refractivity contribution in [2.45, 2.75) is 12.8 Å². The van der Waals surface area contributed by atoms with Gasteiger partial charge >= 0.3 is 0 Å². The highest BCUT2D eigenvalue weighted by Crippen LogP contribution is 2.31. The Bertz CT molecular complexity index is 572. The summed E-state index contributed by atoms with van der Waals surface area (Å²) in [4.78, 5) is 12.1. The number of rotatable bonds is 4. The van der Waals surface area contributed by atoms with Gasteiger partial charge in [0.1, 0.15) is 19.0 Å². The average Bonchev–Trinajstić information content (AvgIpc) is 2.97. The number of furan rings is 1. The molecule has 4 heteroatoms. The molecule has 1 aromatic carbocycles. The van der Waals surface area contributed by atoms with Crippen LogP contribution in [0.25, 0.3) is 0 Å². The lowest BCUT2D eigenvalue weighted by molar-refractivity contribution is 0.0979. The van der Waals surface area contributed by atoms with Gasteiger partial charge in [-0.15, -0.1) is 0 Å². The molecular weight excluding hydrogens is 244 g/mol. The van der Waals surface area contributed by atoms with E-state index in [-0.39, 0.29) is 5.78 Å². The van der Waals surface area contributed by atoms with Crippen LogP contribution in [0.3, 0.4) is 0 Å². The summed E-state index contributed by atoms with van der Waals surface area (Å²) in [6.45, 7) is 1.08. The van der Waals surface area contributed by atoms with E-state index in [1.54, 1.807) is 24.5 Å². The van der Waals surface area contributed by atoms with Crippen LogP contribution in [-0.2, 0) is 6.42 Å². The Hall–Kier alpha value is -2.23. The minimum atomic E-state index is 0.0772. The van der Waals surface area contributed by atoms with Crippen molar-refractivity contribution in [2.75, 3.05) is 13.2 Å². The van der Waals surface area contributed by atoms with Crippen LogP contribution in [0, 0.1) is 0 Å². The first-order chi connectivity index (χ1) is 9.33. The summed E-state index contributed by atoms with van der Waals surface area (Å²) in [6.07, 6.45) is 2.65. The lowest BCUT2D eigenvalue weighted by Gasteiger charge is -2.18. The number of aryl methyl sites for hydroxylation is 1. The number of carbonyl (C=O) groups is 1. The van der Waals surface area contributed by atoms with E-state index in [1.165, 1.54) is 0 Å². The van der Waals surface area contributed by atoms with E-state index in [2.05, 4.69) is 0 Å². The van der Waals surface area contributed by atoms with Crippen LogP contribution < -0.4 is 9.47 Å². The van der Waals surface area contributed by atoms with Crippen molar-refractivity contribution in [2.24, 2.45) is 0 Å². The molecule has 0 radical (unpaired) electrons. The van der Waals surface area contributed by atoms with E-state index in [1.807, 2.05) is 12.1 Å². The zero-order valence-electron chi connectivity index (χ0n) is 10.4. The number of ketones is 1. The second-order valence-corrected chi connectivity index (χ2v) is 4.36. The third-order valence-electron chi connectivity index (χ3n) is 3.04. The van der Waals surface area contributed by atoms with E-state index in [9.17, 15) is 4.79 Å². The highest BCUT2D eigenvalue weighted by atomic mass is 16.6. The van der Waals surface area contributed by atoms with Gasteiger partial charge in [0.2, 0.25) is 0 Å². The molecule has 4 nitrogen and oxygen atoms in total. The van der Waals surface area contributed by atoms with E-state index in [0.29, 0.717) is 43.1 Å². The van der Waals surface area contributed by atoms with E-state index in [0.717, 1.165) is 5.76 Å². The Morgan fingerprint density at radius 3 is 2.74 bits per heavy atom. The standard InChI is InChI=1S/C15H14O4/c16-13(5-4-12-2-1-7-17-12)11-3-6-14-15(10-11)19-9-8-18-14/h1-3,6-7,10H,4-5,8-9H2. The Kier molecular flexibility index (Phi) is 3.23. The molecule has 0 N–H and O–H groups in total. The molecule has 1 aromatic heterocycles. The van der Waals surface area contributed by atoms with Gasteiger partial charge in [0, 0.05) is 18.4 Å². The third kappa shape index (κ3) is 2.62. The van der Waals surface area contributed by atoms with Crippen molar-refractivity contribution in [3.63, 3.8) is 0 Å². The molecule has 19 heavy (non-hydrogen) atoms. The molecular formula is C15H14O4. The van der Waals surface area contributed by atoms with E-state index >= 15 is 0 Å². The summed E-state index contributed by atoms with van der Waals surface area (Å²) in [7, 11) is 0. The first-order valence-corrected chi connectivity index (χ1v) is 6.28. The molecule has 1 aliphatic heterocycles. The predicted molar refractivity (Wildman–Crippen MR) is 68.8 cm³/mol. The number of hydrogen-bond acceptors (Lipinski definition) is 4. The lowest BCUT2D eigenvalue weighted by atomic mass is 10.1. The largest absolute Gasteiger partial charge is 0.486 e. The summed E-state index contributed by atoms with van der Waals surface area (Å²) in [5, 5.41) is 0. The summed E-state index contributed by atoms with van der Waals surface area (Å²) in [5.74, 6) is 2.25. The summed E-state index contributed by atoms with van der Waals surface area (Å²) in [6, 6.07) is 9.01. The van der Waals surface area contributed by atoms with Gasteiger partial charge in [0.05, 0.1) is 6.26 Å². The highest BCUT2D eigenvalue weighted by molar-refractivity contribution is 5.96. The number of carbonyl (C=O) groups excluding carboxylic acids is 1. The van der Waals surface area contributed by atoms with Crippen molar-refractivity contribution in [1.82, 2.24) is 0 Å². The molecule has 0 unspecified atom stereocenters. The fraction of sp³-hybridized carbons (Fsp3) is 0.267. The molecule has 0 aliphatic carbocycles. The number of hydrogen-bond donors (Lipinski definition) is 0. The van der Waals surface area contributed by atoms with Gasteiger partial charge in [0.15, 0.2) is 17.3 Å². The van der Waals surface area contributed by atoms with Crippen molar-refractivity contribution in [3.05, 3.63) is 47.9 Å². The lowest BCUT2D eigenvalue weighted by Crippen LogP contribution is -2.15. The van der Waals surface area contributed by atoms with Crippen LogP contribution in [0.15, 0.2) is 41.0 Å². The molecule has 0 bridgehead atoms. The summed E-state index contributed by atoms with van der Waals surface area (Å²) >= 11 is 0. The highest BCUT2D eigenvalue weighted by Gasteiger charge is 2.15. The van der Waals surface area contributed by atoms with Crippen LogP contribution in [0.4, 0.5) is 0 Å². The third-order valence-corrected chi connectivity index (χ3v) is 3.04. The van der Waals surface area contributed by atoms with Crippen molar-refractivity contribution in [3.8, 4) is 11.5 Å². The maximum absolute atomic E-state index is 12.1. The molecule has 1 aliphatic rings. The van der Waals surface area contributed by atoms with E-state index in [4.69, 9.17) is 13.9 Å².